The maximum absolute atomic E-state index is 5.76. The summed E-state index contributed by atoms with van der Waals surface area (Å²) in [6.07, 6.45) is 8.02. The summed E-state index contributed by atoms with van der Waals surface area (Å²) in [6, 6.07) is 0. The highest BCUT2D eigenvalue weighted by atomic mass is 16.7. The maximum atomic E-state index is 5.76. The molecule has 1 aliphatic carbocycles. The van der Waals surface area contributed by atoms with Crippen LogP contribution in [0.2, 0.25) is 0 Å². The molecular weight excluding hydrogens is 180 g/mol. The number of allylic oxidation sites excluding steroid dienone is 2. The molecule has 1 fully saturated rings. The molecule has 3 atom stereocenters. The molecule has 2 aliphatic rings. The van der Waals surface area contributed by atoms with E-state index in [1.807, 2.05) is 0 Å². The third kappa shape index (κ3) is 2.35. The second kappa shape index (κ2) is 4.91. The van der Waals surface area contributed by atoms with E-state index in [2.05, 4.69) is 12.2 Å². The molecule has 0 saturated carbocycles. The predicted octanol–water partition coefficient (Wildman–Crippen LogP) is 1.73. The van der Waals surface area contributed by atoms with E-state index in [-0.39, 0.29) is 12.4 Å². The van der Waals surface area contributed by atoms with Gasteiger partial charge < -0.3 is 14.2 Å². The topological polar surface area (TPSA) is 27.7 Å². The van der Waals surface area contributed by atoms with E-state index in [9.17, 15) is 0 Å². The van der Waals surface area contributed by atoms with Gasteiger partial charge in [-0.2, -0.15) is 0 Å². The Bertz CT molecular complexity index is 203. The third-order valence-corrected chi connectivity index (χ3v) is 2.82. The summed E-state index contributed by atoms with van der Waals surface area (Å²) in [4.78, 5) is 0. The molecule has 1 heterocycles. The van der Waals surface area contributed by atoms with Crippen LogP contribution >= 0.6 is 0 Å². The molecule has 2 rings (SSSR count). The molecule has 0 spiro atoms. The number of rotatable bonds is 3. The maximum Gasteiger partial charge on any atom is 0.161 e. The van der Waals surface area contributed by atoms with Crippen molar-refractivity contribution >= 4 is 0 Å². The lowest BCUT2D eigenvalue weighted by Crippen LogP contribution is -2.24. The number of ether oxygens (including phenoxy) is 3. The fourth-order valence-corrected chi connectivity index (χ4v) is 2.06. The fourth-order valence-electron chi connectivity index (χ4n) is 2.06. The largest absolute Gasteiger partial charge is 0.382 e. The summed E-state index contributed by atoms with van der Waals surface area (Å²) in [7, 11) is 1.69. The van der Waals surface area contributed by atoms with Gasteiger partial charge in [0.1, 0.15) is 6.10 Å². The number of methoxy groups -OCH3 is 1. The minimum atomic E-state index is 0.0000926. The second-order valence-corrected chi connectivity index (χ2v) is 3.96. The van der Waals surface area contributed by atoms with Crippen molar-refractivity contribution in [3.05, 3.63) is 12.2 Å². The van der Waals surface area contributed by atoms with Crippen molar-refractivity contribution in [2.45, 2.75) is 31.7 Å². The quantitative estimate of drug-likeness (QED) is 0.646. The first kappa shape index (κ1) is 10.1. The van der Waals surface area contributed by atoms with Crippen molar-refractivity contribution in [3.8, 4) is 0 Å². The lowest BCUT2D eigenvalue weighted by molar-refractivity contribution is -0.105. The zero-order valence-electron chi connectivity index (χ0n) is 8.65. The van der Waals surface area contributed by atoms with Crippen LogP contribution in [0.3, 0.4) is 0 Å². The van der Waals surface area contributed by atoms with Crippen LogP contribution in [0.5, 0.6) is 0 Å². The Morgan fingerprint density at radius 2 is 2.36 bits per heavy atom. The summed E-state index contributed by atoms with van der Waals surface area (Å²) in [5, 5.41) is 0. The van der Waals surface area contributed by atoms with Gasteiger partial charge in [-0.25, -0.2) is 0 Å². The molecular formula is C11H18O3. The molecule has 0 N–H and O–H groups in total. The van der Waals surface area contributed by atoms with Crippen molar-refractivity contribution in [1.29, 1.82) is 0 Å². The monoisotopic (exact) mass is 198 g/mol. The SMILES string of the molecule is COC[C@H]1CO[C@H]([C@H]2CC=CCC2)O1. The molecule has 1 saturated heterocycles. The third-order valence-electron chi connectivity index (χ3n) is 2.82. The van der Waals surface area contributed by atoms with Gasteiger partial charge in [0.2, 0.25) is 0 Å². The molecule has 0 aromatic heterocycles. The molecule has 1 aliphatic heterocycles. The molecule has 0 unspecified atom stereocenters. The van der Waals surface area contributed by atoms with Gasteiger partial charge in [0, 0.05) is 13.0 Å². The van der Waals surface area contributed by atoms with Gasteiger partial charge in [-0.15, -0.1) is 0 Å². The van der Waals surface area contributed by atoms with Gasteiger partial charge in [-0.3, -0.25) is 0 Å². The lowest BCUT2D eigenvalue weighted by Gasteiger charge is -2.23. The minimum absolute atomic E-state index is 0.0000926. The smallest absolute Gasteiger partial charge is 0.161 e. The van der Waals surface area contributed by atoms with Gasteiger partial charge in [0.15, 0.2) is 6.29 Å². The van der Waals surface area contributed by atoms with Crippen molar-refractivity contribution in [2.24, 2.45) is 5.92 Å². The Morgan fingerprint density at radius 3 is 3.07 bits per heavy atom. The van der Waals surface area contributed by atoms with Crippen LogP contribution < -0.4 is 0 Å². The summed E-state index contributed by atoms with van der Waals surface area (Å²) >= 11 is 0. The zero-order chi connectivity index (χ0) is 9.80. The molecule has 3 heteroatoms. The summed E-state index contributed by atoms with van der Waals surface area (Å²) < 4.78 is 16.4. The van der Waals surface area contributed by atoms with E-state index >= 15 is 0 Å². The highest BCUT2D eigenvalue weighted by Gasteiger charge is 2.32. The second-order valence-electron chi connectivity index (χ2n) is 3.96. The minimum Gasteiger partial charge on any atom is -0.382 e. The average molecular weight is 198 g/mol. The van der Waals surface area contributed by atoms with Gasteiger partial charge in [-0.1, -0.05) is 12.2 Å². The first-order valence-corrected chi connectivity index (χ1v) is 5.31. The van der Waals surface area contributed by atoms with Gasteiger partial charge >= 0.3 is 0 Å². The molecule has 0 radical (unpaired) electrons. The van der Waals surface area contributed by atoms with Crippen LogP contribution in [0.4, 0.5) is 0 Å². The molecule has 14 heavy (non-hydrogen) atoms. The molecule has 80 valence electrons. The van der Waals surface area contributed by atoms with Crippen LogP contribution in [-0.2, 0) is 14.2 Å². The van der Waals surface area contributed by atoms with E-state index in [4.69, 9.17) is 14.2 Å². The first-order valence-electron chi connectivity index (χ1n) is 5.31. The molecule has 3 nitrogen and oxygen atoms in total. The van der Waals surface area contributed by atoms with Gasteiger partial charge in [0.05, 0.1) is 13.2 Å². The summed E-state index contributed by atoms with van der Waals surface area (Å²) in [5.41, 5.74) is 0. The Labute approximate surface area is 85.0 Å². The summed E-state index contributed by atoms with van der Waals surface area (Å²) in [6.45, 7) is 1.32. The van der Waals surface area contributed by atoms with Gasteiger partial charge in [-0.05, 0) is 19.3 Å². The Hall–Kier alpha value is -0.380. The number of hydrogen-bond donors (Lipinski definition) is 0. The van der Waals surface area contributed by atoms with Gasteiger partial charge in [0.25, 0.3) is 0 Å². The van der Waals surface area contributed by atoms with Crippen LogP contribution in [0, 0.1) is 5.92 Å². The number of hydrogen-bond acceptors (Lipinski definition) is 3. The van der Waals surface area contributed by atoms with E-state index in [1.54, 1.807) is 7.11 Å². The highest BCUT2D eigenvalue weighted by molar-refractivity contribution is 4.91. The zero-order valence-corrected chi connectivity index (χ0v) is 8.65. The van der Waals surface area contributed by atoms with Crippen molar-refractivity contribution in [2.75, 3.05) is 20.3 Å². The Morgan fingerprint density at radius 1 is 1.43 bits per heavy atom. The summed E-state index contributed by atoms with van der Waals surface area (Å²) in [5.74, 6) is 0.543. The molecule has 0 amide bonds. The standard InChI is InChI=1S/C11H18O3/c1-12-7-10-8-13-11(14-10)9-5-3-2-4-6-9/h2-3,9-11H,4-8H2,1H3/t9-,10-,11-/m0/s1. The Kier molecular flexibility index (Phi) is 3.56. The fraction of sp³-hybridized carbons (Fsp3) is 0.818. The first-order chi connectivity index (χ1) is 6.90. The van der Waals surface area contributed by atoms with Crippen LogP contribution in [0.25, 0.3) is 0 Å². The molecule has 0 bridgehead atoms. The van der Waals surface area contributed by atoms with E-state index in [0.717, 1.165) is 12.8 Å². The predicted molar refractivity (Wildman–Crippen MR) is 53.0 cm³/mol. The van der Waals surface area contributed by atoms with Crippen molar-refractivity contribution in [1.82, 2.24) is 0 Å². The van der Waals surface area contributed by atoms with Crippen LogP contribution in [-0.4, -0.2) is 32.7 Å². The van der Waals surface area contributed by atoms with Crippen LogP contribution in [0.1, 0.15) is 19.3 Å². The molecule has 0 aromatic carbocycles. The molecule has 0 aromatic rings. The van der Waals surface area contributed by atoms with Crippen molar-refractivity contribution < 1.29 is 14.2 Å². The lowest BCUT2D eigenvalue weighted by atomic mass is 9.94. The average Bonchev–Trinajstić information content (AvgIpc) is 2.68. The normalized spacial score (nSPS) is 37.6. The van der Waals surface area contributed by atoms with Crippen molar-refractivity contribution in [3.63, 3.8) is 0 Å². The van der Waals surface area contributed by atoms with E-state index in [0.29, 0.717) is 19.1 Å². The highest BCUT2D eigenvalue weighted by Crippen LogP contribution is 2.28. The van der Waals surface area contributed by atoms with E-state index in [1.165, 1.54) is 6.42 Å². The van der Waals surface area contributed by atoms with E-state index < -0.39 is 0 Å². The Balaban J connectivity index is 1.79. The van der Waals surface area contributed by atoms with Crippen LogP contribution in [0.15, 0.2) is 12.2 Å².